The number of hydrogen-bond donors (Lipinski definition) is 1. The van der Waals surface area contributed by atoms with E-state index in [0.717, 1.165) is 17.3 Å². The summed E-state index contributed by atoms with van der Waals surface area (Å²) in [4.78, 5) is 8.48. The molecule has 1 aliphatic carbocycles. The van der Waals surface area contributed by atoms with E-state index in [1.165, 1.54) is 32.1 Å². The van der Waals surface area contributed by atoms with Crippen molar-refractivity contribution in [1.29, 1.82) is 0 Å². The van der Waals surface area contributed by atoms with Gasteiger partial charge in [0.25, 0.3) is 0 Å². The Morgan fingerprint density at radius 3 is 2.47 bits per heavy atom. The summed E-state index contributed by atoms with van der Waals surface area (Å²) >= 11 is 6.20. The first-order valence-corrected chi connectivity index (χ1v) is 7.74. The molecule has 3 nitrogen and oxygen atoms in total. The summed E-state index contributed by atoms with van der Waals surface area (Å²) in [7, 11) is 0. The van der Waals surface area contributed by atoms with E-state index in [1.807, 2.05) is 0 Å². The van der Waals surface area contributed by atoms with Crippen molar-refractivity contribution in [2.24, 2.45) is 5.92 Å². The Labute approximate surface area is 121 Å². The first-order valence-electron chi connectivity index (χ1n) is 7.36. The maximum atomic E-state index is 6.20. The Kier molecular flexibility index (Phi) is 5.03. The lowest BCUT2D eigenvalue weighted by molar-refractivity contribution is 0.328. The SMILES string of the molecule is CC(C)c1c(Cl)ncnc1NC(C)C1CCCCC1. The molecule has 1 heterocycles. The first kappa shape index (κ1) is 14.6. The highest BCUT2D eigenvalue weighted by Crippen LogP contribution is 2.31. The third kappa shape index (κ3) is 3.59. The van der Waals surface area contributed by atoms with E-state index >= 15 is 0 Å². The Balaban J connectivity index is 2.11. The van der Waals surface area contributed by atoms with Crippen LogP contribution in [0.4, 0.5) is 5.82 Å². The minimum absolute atomic E-state index is 0.328. The van der Waals surface area contributed by atoms with E-state index in [0.29, 0.717) is 17.1 Å². The van der Waals surface area contributed by atoms with Gasteiger partial charge in [0.15, 0.2) is 0 Å². The molecule has 0 aliphatic heterocycles. The minimum Gasteiger partial charge on any atom is -0.367 e. The topological polar surface area (TPSA) is 37.8 Å². The second-order valence-corrected chi connectivity index (χ2v) is 6.27. The van der Waals surface area contributed by atoms with Crippen molar-refractivity contribution in [3.8, 4) is 0 Å². The Bertz CT molecular complexity index is 414. The Hall–Kier alpha value is -0.830. The van der Waals surface area contributed by atoms with Gasteiger partial charge in [-0.25, -0.2) is 9.97 Å². The van der Waals surface area contributed by atoms with E-state index in [-0.39, 0.29) is 0 Å². The van der Waals surface area contributed by atoms with Crippen LogP contribution < -0.4 is 5.32 Å². The van der Waals surface area contributed by atoms with Crippen molar-refractivity contribution in [3.05, 3.63) is 17.0 Å². The van der Waals surface area contributed by atoms with Crippen LogP contribution in [0.3, 0.4) is 0 Å². The summed E-state index contributed by atoms with van der Waals surface area (Å²) in [5, 5.41) is 4.14. The van der Waals surface area contributed by atoms with E-state index in [1.54, 1.807) is 6.33 Å². The molecule has 1 aromatic rings. The normalized spacial score (nSPS) is 18.6. The summed E-state index contributed by atoms with van der Waals surface area (Å²) in [5.41, 5.74) is 1.03. The lowest BCUT2D eigenvalue weighted by Crippen LogP contribution is -2.28. The molecule has 4 heteroatoms. The Morgan fingerprint density at radius 1 is 1.16 bits per heavy atom. The number of rotatable bonds is 4. The molecule has 0 spiro atoms. The second kappa shape index (κ2) is 6.56. The lowest BCUT2D eigenvalue weighted by Gasteiger charge is -2.29. The highest BCUT2D eigenvalue weighted by atomic mass is 35.5. The zero-order chi connectivity index (χ0) is 13.8. The van der Waals surface area contributed by atoms with Gasteiger partial charge in [0.2, 0.25) is 0 Å². The number of nitrogens with one attached hydrogen (secondary N) is 1. The van der Waals surface area contributed by atoms with Crippen molar-refractivity contribution in [3.63, 3.8) is 0 Å². The van der Waals surface area contributed by atoms with E-state index in [2.05, 4.69) is 36.1 Å². The molecule has 1 N–H and O–H groups in total. The number of aromatic nitrogens is 2. The fraction of sp³-hybridized carbons (Fsp3) is 0.733. The molecule has 0 amide bonds. The van der Waals surface area contributed by atoms with E-state index < -0.39 is 0 Å². The lowest BCUT2D eigenvalue weighted by atomic mass is 9.84. The molecular formula is C15H24ClN3. The molecule has 1 saturated carbocycles. The molecule has 0 saturated heterocycles. The third-order valence-corrected chi connectivity index (χ3v) is 4.44. The minimum atomic E-state index is 0.328. The van der Waals surface area contributed by atoms with Gasteiger partial charge in [-0.05, 0) is 31.6 Å². The Morgan fingerprint density at radius 2 is 1.84 bits per heavy atom. The van der Waals surface area contributed by atoms with Crippen LogP contribution in [0, 0.1) is 5.92 Å². The van der Waals surface area contributed by atoms with Crippen LogP contribution in [0.1, 0.15) is 64.4 Å². The van der Waals surface area contributed by atoms with Crippen LogP contribution in [-0.2, 0) is 0 Å². The van der Waals surface area contributed by atoms with Crippen molar-refractivity contribution in [2.45, 2.75) is 64.8 Å². The third-order valence-electron chi connectivity index (χ3n) is 4.13. The van der Waals surface area contributed by atoms with Crippen LogP contribution in [0.5, 0.6) is 0 Å². The van der Waals surface area contributed by atoms with Crippen LogP contribution in [-0.4, -0.2) is 16.0 Å². The predicted molar refractivity (Wildman–Crippen MR) is 80.8 cm³/mol. The van der Waals surface area contributed by atoms with Gasteiger partial charge in [0, 0.05) is 11.6 Å². The quantitative estimate of drug-likeness (QED) is 0.818. The summed E-state index contributed by atoms with van der Waals surface area (Å²) in [5.74, 6) is 1.99. The highest BCUT2D eigenvalue weighted by molar-refractivity contribution is 6.30. The fourth-order valence-electron chi connectivity index (χ4n) is 2.97. The highest BCUT2D eigenvalue weighted by Gasteiger charge is 2.22. The van der Waals surface area contributed by atoms with Gasteiger partial charge in [-0.15, -0.1) is 0 Å². The summed E-state index contributed by atoms with van der Waals surface area (Å²) in [6.07, 6.45) is 8.30. The zero-order valence-corrected chi connectivity index (χ0v) is 12.9. The summed E-state index contributed by atoms with van der Waals surface area (Å²) < 4.78 is 0. The van der Waals surface area contributed by atoms with Gasteiger partial charge >= 0.3 is 0 Å². The average Bonchev–Trinajstić information content (AvgIpc) is 2.39. The number of anilines is 1. The van der Waals surface area contributed by atoms with Crippen molar-refractivity contribution >= 4 is 17.4 Å². The molecule has 0 radical (unpaired) electrons. The molecule has 0 aromatic carbocycles. The van der Waals surface area contributed by atoms with Gasteiger partial charge in [-0.2, -0.15) is 0 Å². The smallest absolute Gasteiger partial charge is 0.138 e. The van der Waals surface area contributed by atoms with E-state index in [4.69, 9.17) is 11.6 Å². The molecule has 106 valence electrons. The summed E-state index contributed by atoms with van der Waals surface area (Å²) in [6.45, 7) is 6.51. The molecule has 1 aromatic heterocycles. The van der Waals surface area contributed by atoms with Gasteiger partial charge in [0.1, 0.15) is 17.3 Å². The van der Waals surface area contributed by atoms with Crippen molar-refractivity contribution < 1.29 is 0 Å². The number of hydrogen-bond acceptors (Lipinski definition) is 3. The van der Waals surface area contributed by atoms with Gasteiger partial charge in [0.05, 0.1) is 0 Å². The van der Waals surface area contributed by atoms with Crippen LogP contribution in [0.15, 0.2) is 6.33 Å². The maximum Gasteiger partial charge on any atom is 0.138 e. The molecule has 1 fully saturated rings. The van der Waals surface area contributed by atoms with E-state index in [9.17, 15) is 0 Å². The van der Waals surface area contributed by atoms with Gasteiger partial charge in [-0.3, -0.25) is 0 Å². The molecule has 1 aliphatic rings. The van der Waals surface area contributed by atoms with Gasteiger partial charge < -0.3 is 5.32 Å². The van der Waals surface area contributed by atoms with Crippen LogP contribution in [0.2, 0.25) is 5.15 Å². The zero-order valence-electron chi connectivity index (χ0n) is 12.1. The second-order valence-electron chi connectivity index (χ2n) is 5.91. The predicted octanol–water partition coefficient (Wildman–Crippen LogP) is 4.63. The average molecular weight is 282 g/mol. The first-order chi connectivity index (χ1) is 9.09. The molecular weight excluding hydrogens is 258 g/mol. The van der Waals surface area contributed by atoms with Crippen LogP contribution >= 0.6 is 11.6 Å². The number of halogens is 1. The maximum absolute atomic E-state index is 6.20. The van der Waals surface area contributed by atoms with Crippen molar-refractivity contribution in [1.82, 2.24) is 9.97 Å². The molecule has 1 atom stereocenters. The van der Waals surface area contributed by atoms with Gasteiger partial charge in [-0.1, -0.05) is 44.7 Å². The standard InChI is InChI=1S/C15H24ClN3/c1-10(2)13-14(16)17-9-18-15(13)19-11(3)12-7-5-4-6-8-12/h9-12H,4-8H2,1-3H3,(H,17,18,19). The monoisotopic (exact) mass is 281 g/mol. The number of nitrogens with zero attached hydrogens (tertiary/aromatic N) is 2. The molecule has 2 rings (SSSR count). The van der Waals surface area contributed by atoms with Crippen LogP contribution in [0.25, 0.3) is 0 Å². The van der Waals surface area contributed by atoms with Crippen molar-refractivity contribution in [2.75, 3.05) is 5.32 Å². The fourth-order valence-corrected chi connectivity index (χ4v) is 3.32. The largest absolute Gasteiger partial charge is 0.367 e. The molecule has 19 heavy (non-hydrogen) atoms. The molecule has 0 bridgehead atoms. The summed E-state index contributed by atoms with van der Waals surface area (Å²) in [6, 6.07) is 0.448. The molecule has 1 unspecified atom stereocenters.